The highest BCUT2D eigenvalue weighted by atomic mass is 16.5. The van der Waals surface area contributed by atoms with Crippen LogP contribution in [-0.2, 0) is 9.53 Å². The number of unbranched alkanes of at least 4 members (excludes halogenated alkanes) is 2. The minimum absolute atomic E-state index is 0.122. The van der Waals surface area contributed by atoms with Crippen molar-refractivity contribution < 1.29 is 9.53 Å². The van der Waals surface area contributed by atoms with E-state index in [0.717, 1.165) is 32.4 Å². The number of likely N-dealkylation sites (tertiary alicyclic amines) is 1. The summed E-state index contributed by atoms with van der Waals surface area (Å²) in [6.07, 6.45) is 5.60. The molecule has 0 saturated carbocycles. The van der Waals surface area contributed by atoms with E-state index in [-0.39, 0.29) is 18.6 Å². The lowest BCUT2D eigenvalue weighted by Crippen LogP contribution is -2.46. The average Bonchev–Trinajstić information content (AvgIpc) is 2.38. The molecule has 0 aromatic heterocycles. The van der Waals surface area contributed by atoms with Gasteiger partial charge in [-0.1, -0.05) is 19.8 Å². The van der Waals surface area contributed by atoms with Gasteiger partial charge in [-0.15, -0.1) is 0 Å². The largest absolute Gasteiger partial charge is 0.372 e. The first-order valence-electron chi connectivity index (χ1n) is 7.26. The van der Waals surface area contributed by atoms with Gasteiger partial charge in [-0.25, -0.2) is 0 Å². The lowest BCUT2D eigenvalue weighted by atomic mass is 9.92. The van der Waals surface area contributed by atoms with Gasteiger partial charge in [0.15, 0.2) is 0 Å². The van der Waals surface area contributed by atoms with Gasteiger partial charge in [-0.2, -0.15) is 0 Å². The van der Waals surface area contributed by atoms with Gasteiger partial charge >= 0.3 is 0 Å². The molecule has 1 amide bonds. The lowest BCUT2D eigenvalue weighted by molar-refractivity contribution is -0.138. The third kappa shape index (κ3) is 5.36. The molecule has 4 nitrogen and oxygen atoms in total. The molecule has 2 unspecified atom stereocenters. The zero-order valence-electron chi connectivity index (χ0n) is 11.9. The van der Waals surface area contributed by atoms with E-state index < -0.39 is 0 Å². The van der Waals surface area contributed by atoms with E-state index in [1.165, 1.54) is 12.8 Å². The van der Waals surface area contributed by atoms with Crippen molar-refractivity contribution in [1.82, 2.24) is 4.90 Å². The Balaban J connectivity index is 2.20. The van der Waals surface area contributed by atoms with Gasteiger partial charge in [-0.3, -0.25) is 4.79 Å². The molecule has 1 aliphatic heterocycles. The number of piperidine rings is 1. The van der Waals surface area contributed by atoms with Gasteiger partial charge in [0.25, 0.3) is 0 Å². The summed E-state index contributed by atoms with van der Waals surface area (Å²) in [6.45, 7) is 6.78. The molecule has 18 heavy (non-hydrogen) atoms. The number of nitrogens with zero attached hydrogens (tertiary/aromatic N) is 1. The zero-order valence-corrected chi connectivity index (χ0v) is 11.9. The maximum absolute atomic E-state index is 12.0. The SMILES string of the molecule is CCCCCOCC(=O)N1CCCC(C(C)N)C1. The van der Waals surface area contributed by atoms with Crippen molar-refractivity contribution in [2.45, 2.75) is 52.0 Å². The molecule has 0 radical (unpaired) electrons. The van der Waals surface area contributed by atoms with Crippen LogP contribution in [0.2, 0.25) is 0 Å². The topological polar surface area (TPSA) is 55.6 Å². The Kier molecular flexibility index (Phi) is 7.28. The van der Waals surface area contributed by atoms with Crippen LogP contribution in [0, 0.1) is 5.92 Å². The molecule has 2 N–H and O–H groups in total. The van der Waals surface area contributed by atoms with Crippen LogP contribution >= 0.6 is 0 Å². The molecule has 0 aromatic rings. The molecule has 1 fully saturated rings. The Bertz CT molecular complexity index is 244. The van der Waals surface area contributed by atoms with E-state index in [0.29, 0.717) is 12.5 Å². The summed E-state index contributed by atoms with van der Waals surface area (Å²) in [5.74, 6) is 0.569. The molecule has 4 heteroatoms. The predicted molar refractivity (Wildman–Crippen MR) is 73.3 cm³/mol. The summed E-state index contributed by atoms with van der Waals surface area (Å²) in [4.78, 5) is 13.9. The van der Waals surface area contributed by atoms with E-state index in [2.05, 4.69) is 6.92 Å². The molecule has 0 spiro atoms. The van der Waals surface area contributed by atoms with Crippen molar-refractivity contribution in [3.8, 4) is 0 Å². The molecule has 1 heterocycles. The molecule has 0 aliphatic carbocycles. The number of hydrogen-bond donors (Lipinski definition) is 1. The number of carbonyl (C=O) groups excluding carboxylic acids is 1. The number of carbonyl (C=O) groups is 1. The van der Waals surface area contributed by atoms with Crippen LogP contribution in [-0.4, -0.2) is 43.2 Å². The predicted octanol–water partition coefficient (Wildman–Crippen LogP) is 1.78. The van der Waals surface area contributed by atoms with Gasteiger partial charge < -0.3 is 15.4 Å². The molecule has 0 bridgehead atoms. The van der Waals surface area contributed by atoms with Gasteiger partial charge in [0.05, 0.1) is 0 Å². The van der Waals surface area contributed by atoms with E-state index >= 15 is 0 Å². The van der Waals surface area contributed by atoms with E-state index in [9.17, 15) is 4.79 Å². The van der Waals surface area contributed by atoms with Crippen LogP contribution in [0.1, 0.15) is 46.0 Å². The Morgan fingerprint density at radius 2 is 2.28 bits per heavy atom. The molecular weight excluding hydrogens is 228 g/mol. The first kappa shape index (κ1) is 15.4. The standard InChI is InChI=1S/C14H28N2O2/c1-3-4-5-9-18-11-14(17)16-8-6-7-13(10-16)12(2)15/h12-13H,3-11,15H2,1-2H3. The molecule has 1 rings (SSSR count). The van der Waals surface area contributed by atoms with E-state index in [4.69, 9.17) is 10.5 Å². The van der Waals surface area contributed by atoms with Gasteiger partial charge in [0, 0.05) is 25.7 Å². The van der Waals surface area contributed by atoms with Crippen LogP contribution in [0.3, 0.4) is 0 Å². The van der Waals surface area contributed by atoms with Crippen LogP contribution in [0.4, 0.5) is 0 Å². The second-order valence-corrected chi connectivity index (χ2v) is 5.36. The monoisotopic (exact) mass is 256 g/mol. The van der Waals surface area contributed by atoms with Crippen molar-refractivity contribution in [3.63, 3.8) is 0 Å². The van der Waals surface area contributed by atoms with Crippen molar-refractivity contribution >= 4 is 5.91 Å². The van der Waals surface area contributed by atoms with Crippen LogP contribution in [0.15, 0.2) is 0 Å². The number of amides is 1. The third-order valence-electron chi connectivity index (χ3n) is 3.67. The molecule has 0 aromatic carbocycles. The molecule has 106 valence electrons. The normalized spacial score (nSPS) is 21.9. The summed E-state index contributed by atoms with van der Waals surface area (Å²) >= 11 is 0. The van der Waals surface area contributed by atoms with Gasteiger partial charge in [-0.05, 0) is 32.1 Å². The fourth-order valence-corrected chi connectivity index (χ4v) is 2.37. The maximum Gasteiger partial charge on any atom is 0.248 e. The minimum atomic E-state index is 0.122. The zero-order chi connectivity index (χ0) is 13.4. The molecular formula is C14H28N2O2. The number of nitrogens with two attached hydrogens (primary N) is 1. The van der Waals surface area contributed by atoms with Crippen molar-refractivity contribution in [3.05, 3.63) is 0 Å². The Labute approximate surface area is 111 Å². The third-order valence-corrected chi connectivity index (χ3v) is 3.67. The summed E-state index contributed by atoms with van der Waals surface area (Å²) < 4.78 is 5.42. The van der Waals surface area contributed by atoms with E-state index in [1.807, 2.05) is 11.8 Å². The highest BCUT2D eigenvalue weighted by Crippen LogP contribution is 2.18. The second-order valence-electron chi connectivity index (χ2n) is 5.36. The van der Waals surface area contributed by atoms with Crippen LogP contribution < -0.4 is 5.73 Å². The highest BCUT2D eigenvalue weighted by Gasteiger charge is 2.25. The molecule has 1 aliphatic rings. The molecule has 1 saturated heterocycles. The van der Waals surface area contributed by atoms with Crippen molar-refractivity contribution in [1.29, 1.82) is 0 Å². The summed E-state index contributed by atoms with van der Waals surface area (Å²) in [7, 11) is 0. The van der Waals surface area contributed by atoms with Gasteiger partial charge in [0.2, 0.25) is 5.91 Å². The van der Waals surface area contributed by atoms with Crippen molar-refractivity contribution in [2.75, 3.05) is 26.3 Å². The number of hydrogen-bond acceptors (Lipinski definition) is 3. The molecule has 2 atom stereocenters. The maximum atomic E-state index is 12.0. The summed E-state index contributed by atoms with van der Waals surface area (Å²) in [6, 6.07) is 0.172. The average molecular weight is 256 g/mol. The second kappa shape index (κ2) is 8.48. The fraction of sp³-hybridized carbons (Fsp3) is 0.929. The van der Waals surface area contributed by atoms with Crippen LogP contribution in [0.25, 0.3) is 0 Å². The van der Waals surface area contributed by atoms with Crippen molar-refractivity contribution in [2.24, 2.45) is 11.7 Å². The Morgan fingerprint density at radius 1 is 1.50 bits per heavy atom. The summed E-state index contributed by atoms with van der Waals surface area (Å²) in [5, 5.41) is 0. The lowest BCUT2D eigenvalue weighted by Gasteiger charge is -2.34. The fourth-order valence-electron chi connectivity index (χ4n) is 2.37. The van der Waals surface area contributed by atoms with E-state index in [1.54, 1.807) is 0 Å². The van der Waals surface area contributed by atoms with Crippen LogP contribution in [0.5, 0.6) is 0 Å². The minimum Gasteiger partial charge on any atom is -0.372 e. The number of ether oxygens (including phenoxy) is 1. The Morgan fingerprint density at radius 3 is 2.94 bits per heavy atom. The number of rotatable bonds is 7. The summed E-state index contributed by atoms with van der Waals surface area (Å²) in [5.41, 5.74) is 5.92. The smallest absolute Gasteiger partial charge is 0.248 e. The quantitative estimate of drug-likeness (QED) is 0.706. The first-order valence-corrected chi connectivity index (χ1v) is 7.26. The highest BCUT2D eigenvalue weighted by molar-refractivity contribution is 5.77. The Hall–Kier alpha value is -0.610. The van der Waals surface area contributed by atoms with Gasteiger partial charge in [0.1, 0.15) is 6.61 Å². The first-order chi connectivity index (χ1) is 8.65.